The van der Waals surface area contributed by atoms with Gasteiger partial charge in [0.25, 0.3) is 0 Å². The highest BCUT2D eigenvalue weighted by molar-refractivity contribution is 7.89. The molecule has 0 unspecified atom stereocenters. The van der Waals surface area contributed by atoms with Gasteiger partial charge >= 0.3 is 0 Å². The van der Waals surface area contributed by atoms with Crippen molar-refractivity contribution in [3.05, 3.63) is 60.7 Å². The van der Waals surface area contributed by atoms with Crippen LogP contribution < -0.4 is 10.5 Å². The minimum atomic E-state index is -3.70. The second kappa shape index (κ2) is 5.72. The third-order valence-electron chi connectivity index (χ3n) is 2.43. The largest absolute Gasteiger partial charge is 0.461 e. The van der Waals surface area contributed by atoms with Gasteiger partial charge in [0.15, 0.2) is 5.76 Å². The smallest absolute Gasteiger partial charge is 0.238 e. The van der Waals surface area contributed by atoms with Crippen LogP contribution in [0.25, 0.3) is 0 Å². The van der Waals surface area contributed by atoms with Crippen molar-refractivity contribution in [2.24, 2.45) is 5.14 Å². The lowest BCUT2D eigenvalue weighted by Gasteiger charge is -2.02. The Balaban J connectivity index is 1.99. The van der Waals surface area contributed by atoms with Crippen molar-refractivity contribution in [1.82, 2.24) is 0 Å². The van der Waals surface area contributed by atoms with E-state index in [4.69, 9.17) is 9.56 Å². The van der Waals surface area contributed by atoms with E-state index >= 15 is 0 Å². The Hall–Kier alpha value is -2.38. The first-order chi connectivity index (χ1) is 9.47. The van der Waals surface area contributed by atoms with Crippen LogP contribution in [-0.2, 0) is 10.0 Å². The number of ketones is 1. The van der Waals surface area contributed by atoms with Gasteiger partial charge in [-0.3, -0.25) is 4.79 Å². The van der Waals surface area contributed by atoms with Crippen LogP contribution in [0.2, 0.25) is 0 Å². The molecule has 0 fully saturated rings. The summed E-state index contributed by atoms with van der Waals surface area (Å²) < 4.78 is 27.1. The number of carbonyl (C=O) groups is 1. The molecule has 0 bridgehead atoms. The molecule has 20 heavy (non-hydrogen) atoms. The van der Waals surface area contributed by atoms with Crippen molar-refractivity contribution >= 4 is 21.5 Å². The van der Waals surface area contributed by atoms with Crippen molar-refractivity contribution in [1.29, 1.82) is 0 Å². The van der Waals surface area contributed by atoms with Crippen LogP contribution in [0.3, 0.4) is 0 Å². The molecule has 0 atom stereocenters. The van der Waals surface area contributed by atoms with Crippen molar-refractivity contribution in [3.63, 3.8) is 0 Å². The predicted molar refractivity (Wildman–Crippen MR) is 73.6 cm³/mol. The Labute approximate surface area is 116 Å². The van der Waals surface area contributed by atoms with Crippen molar-refractivity contribution < 1.29 is 17.6 Å². The molecule has 0 saturated heterocycles. The zero-order valence-corrected chi connectivity index (χ0v) is 11.1. The maximum absolute atomic E-state index is 11.6. The summed E-state index contributed by atoms with van der Waals surface area (Å²) in [6, 6.07) is 9.02. The number of rotatable bonds is 5. The van der Waals surface area contributed by atoms with E-state index in [2.05, 4.69) is 5.32 Å². The standard InChI is InChI=1S/C13H12N2O4S/c14-20(17,18)11-5-3-10(4-6-11)15-8-7-12(16)13-2-1-9-19-13/h1-9,15H,(H2,14,17,18)/b8-7+. The van der Waals surface area contributed by atoms with Gasteiger partial charge in [0, 0.05) is 18.0 Å². The van der Waals surface area contributed by atoms with Crippen LogP contribution in [0.1, 0.15) is 10.6 Å². The van der Waals surface area contributed by atoms with Gasteiger partial charge in [-0.25, -0.2) is 13.6 Å². The summed E-state index contributed by atoms with van der Waals surface area (Å²) in [6.07, 6.45) is 4.17. The van der Waals surface area contributed by atoms with Gasteiger partial charge in [-0.15, -0.1) is 0 Å². The fraction of sp³-hybridized carbons (Fsp3) is 0. The SMILES string of the molecule is NS(=O)(=O)c1ccc(N/C=C/C(=O)c2ccco2)cc1. The fourth-order valence-electron chi connectivity index (χ4n) is 1.46. The minimum absolute atomic E-state index is 0.0266. The number of hydrogen-bond acceptors (Lipinski definition) is 5. The molecule has 1 aromatic carbocycles. The molecule has 7 heteroatoms. The predicted octanol–water partition coefficient (Wildman–Crippen LogP) is 1.74. The number of primary sulfonamides is 1. The highest BCUT2D eigenvalue weighted by atomic mass is 32.2. The normalized spacial score (nSPS) is 11.7. The molecule has 3 N–H and O–H groups in total. The Morgan fingerprint density at radius 2 is 1.90 bits per heavy atom. The number of anilines is 1. The Bertz CT molecular complexity index is 716. The molecular formula is C13H12N2O4S. The Kier molecular flexibility index (Phi) is 4.02. The highest BCUT2D eigenvalue weighted by Gasteiger charge is 2.06. The van der Waals surface area contributed by atoms with Crippen LogP contribution in [0.5, 0.6) is 0 Å². The van der Waals surface area contributed by atoms with Gasteiger partial charge in [0.05, 0.1) is 11.2 Å². The lowest BCUT2D eigenvalue weighted by atomic mass is 10.3. The number of nitrogens with one attached hydrogen (secondary N) is 1. The van der Waals surface area contributed by atoms with E-state index < -0.39 is 10.0 Å². The van der Waals surface area contributed by atoms with E-state index in [1.807, 2.05) is 0 Å². The third kappa shape index (κ3) is 3.56. The van der Waals surface area contributed by atoms with Gasteiger partial charge in [-0.05, 0) is 36.4 Å². The van der Waals surface area contributed by atoms with Crippen molar-refractivity contribution in [3.8, 4) is 0 Å². The second-order valence-corrected chi connectivity index (χ2v) is 5.45. The van der Waals surface area contributed by atoms with E-state index in [0.717, 1.165) is 0 Å². The number of benzene rings is 1. The molecule has 0 aliphatic heterocycles. The molecule has 0 spiro atoms. The van der Waals surface area contributed by atoms with Gasteiger partial charge in [0.2, 0.25) is 15.8 Å². The van der Waals surface area contributed by atoms with Gasteiger partial charge in [-0.1, -0.05) is 0 Å². The molecule has 0 aliphatic rings. The molecule has 0 radical (unpaired) electrons. The number of nitrogens with two attached hydrogens (primary N) is 1. The molecular weight excluding hydrogens is 280 g/mol. The molecule has 6 nitrogen and oxygen atoms in total. The zero-order chi connectivity index (χ0) is 14.6. The molecule has 0 aliphatic carbocycles. The Morgan fingerprint density at radius 1 is 1.20 bits per heavy atom. The van der Waals surface area contributed by atoms with Gasteiger partial charge in [-0.2, -0.15) is 0 Å². The monoisotopic (exact) mass is 292 g/mol. The first kappa shape index (κ1) is 14.0. The minimum Gasteiger partial charge on any atom is -0.461 e. The second-order valence-electron chi connectivity index (χ2n) is 3.89. The average Bonchev–Trinajstić information content (AvgIpc) is 2.92. The molecule has 0 saturated carbocycles. The topological polar surface area (TPSA) is 102 Å². The summed E-state index contributed by atoms with van der Waals surface area (Å²) in [5.74, 6) is -0.0312. The summed E-state index contributed by atoms with van der Waals surface area (Å²) in [6.45, 7) is 0. The summed E-state index contributed by atoms with van der Waals surface area (Å²) in [5.41, 5.74) is 0.626. The lowest BCUT2D eigenvalue weighted by Crippen LogP contribution is -2.11. The van der Waals surface area contributed by atoms with Crippen LogP contribution in [-0.4, -0.2) is 14.2 Å². The molecule has 104 valence electrons. The Morgan fingerprint density at radius 3 is 2.45 bits per heavy atom. The maximum Gasteiger partial charge on any atom is 0.238 e. The zero-order valence-electron chi connectivity index (χ0n) is 10.3. The first-order valence-corrected chi connectivity index (χ1v) is 7.15. The molecule has 0 amide bonds. The summed E-state index contributed by atoms with van der Waals surface area (Å²) in [4.78, 5) is 11.6. The molecule has 2 aromatic rings. The van der Waals surface area contributed by atoms with E-state index in [0.29, 0.717) is 5.69 Å². The number of allylic oxidation sites excluding steroid dienone is 1. The summed E-state index contributed by atoms with van der Waals surface area (Å²) in [7, 11) is -3.70. The van der Waals surface area contributed by atoms with Gasteiger partial charge < -0.3 is 9.73 Å². The van der Waals surface area contributed by atoms with E-state index in [1.54, 1.807) is 24.3 Å². The highest BCUT2D eigenvalue weighted by Crippen LogP contribution is 2.12. The first-order valence-electron chi connectivity index (χ1n) is 5.60. The fourth-order valence-corrected chi connectivity index (χ4v) is 1.97. The maximum atomic E-state index is 11.6. The van der Waals surface area contributed by atoms with Crippen LogP contribution in [0.4, 0.5) is 5.69 Å². The quantitative estimate of drug-likeness (QED) is 0.645. The number of hydrogen-bond donors (Lipinski definition) is 2. The third-order valence-corrected chi connectivity index (χ3v) is 3.36. The van der Waals surface area contributed by atoms with Crippen molar-refractivity contribution in [2.75, 3.05) is 5.32 Å². The molecule has 1 heterocycles. The van der Waals surface area contributed by atoms with Crippen LogP contribution in [0.15, 0.2) is 64.2 Å². The molecule has 2 rings (SSSR count). The average molecular weight is 292 g/mol. The number of carbonyl (C=O) groups excluding carboxylic acids is 1. The number of furan rings is 1. The molecule has 1 aromatic heterocycles. The number of sulfonamides is 1. The van der Waals surface area contributed by atoms with E-state index in [-0.39, 0.29) is 16.4 Å². The van der Waals surface area contributed by atoms with Crippen LogP contribution >= 0.6 is 0 Å². The van der Waals surface area contributed by atoms with E-state index in [9.17, 15) is 13.2 Å². The van der Waals surface area contributed by atoms with Gasteiger partial charge in [0.1, 0.15) is 0 Å². The summed E-state index contributed by atoms with van der Waals surface area (Å²) in [5, 5.41) is 7.82. The van der Waals surface area contributed by atoms with Crippen molar-refractivity contribution in [2.45, 2.75) is 4.90 Å². The van der Waals surface area contributed by atoms with Crippen LogP contribution in [0, 0.1) is 0 Å². The summed E-state index contributed by atoms with van der Waals surface area (Å²) >= 11 is 0. The lowest BCUT2D eigenvalue weighted by molar-refractivity contribution is 0.102. The van der Waals surface area contributed by atoms with E-state index in [1.165, 1.54) is 30.7 Å².